The van der Waals surface area contributed by atoms with Crippen LogP contribution in [0.2, 0.25) is 5.02 Å². The zero-order valence-electron chi connectivity index (χ0n) is 14.6. The van der Waals surface area contributed by atoms with Crippen molar-refractivity contribution in [1.82, 2.24) is 5.32 Å². The zero-order valence-corrected chi connectivity index (χ0v) is 15.4. The van der Waals surface area contributed by atoms with Crippen LogP contribution < -0.4 is 5.32 Å². The highest BCUT2D eigenvalue weighted by Gasteiger charge is 2.36. The van der Waals surface area contributed by atoms with Gasteiger partial charge < -0.3 is 10.2 Å². The van der Waals surface area contributed by atoms with Gasteiger partial charge in [0.2, 0.25) is 0 Å². The van der Waals surface area contributed by atoms with Gasteiger partial charge in [0.25, 0.3) is 5.91 Å². The molecule has 0 fully saturated rings. The lowest BCUT2D eigenvalue weighted by Gasteiger charge is -2.15. The number of nitrogens with zero attached hydrogens (tertiary/aromatic N) is 1. The molecule has 0 heterocycles. The molecule has 0 spiro atoms. The van der Waals surface area contributed by atoms with Crippen LogP contribution in [0.4, 0.5) is 0 Å². The van der Waals surface area contributed by atoms with Gasteiger partial charge in [-0.1, -0.05) is 77.5 Å². The second-order valence-corrected chi connectivity index (χ2v) is 7.00. The molecule has 4 rings (SSSR count). The van der Waals surface area contributed by atoms with Crippen LogP contribution in [0.1, 0.15) is 22.6 Å². The molecule has 0 aromatic heterocycles. The van der Waals surface area contributed by atoms with Crippen LogP contribution in [0.25, 0.3) is 0 Å². The van der Waals surface area contributed by atoms with E-state index < -0.39 is 0 Å². The molecule has 0 bridgehead atoms. The molecule has 2 aliphatic rings. The number of fused-ring (bicyclic) bond motifs is 3. The van der Waals surface area contributed by atoms with Gasteiger partial charge >= 0.3 is 0 Å². The lowest BCUT2D eigenvalue weighted by Crippen LogP contribution is -2.26. The number of hydrogen-bond donors (Lipinski definition) is 1. The second kappa shape index (κ2) is 7.80. The minimum Gasteiger partial charge on any atom is -0.385 e. The van der Waals surface area contributed by atoms with Gasteiger partial charge in [-0.05, 0) is 23.3 Å². The summed E-state index contributed by atoms with van der Waals surface area (Å²) in [5.41, 5.74) is 4.19. The van der Waals surface area contributed by atoms with E-state index in [1.807, 2.05) is 30.3 Å². The predicted octanol–water partition coefficient (Wildman–Crippen LogP) is 4.22. The highest BCUT2D eigenvalue weighted by atomic mass is 35.5. The van der Waals surface area contributed by atoms with Crippen LogP contribution in [-0.2, 0) is 16.2 Å². The van der Waals surface area contributed by atoms with E-state index in [0.29, 0.717) is 11.6 Å². The van der Waals surface area contributed by atoms with E-state index in [9.17, 15) is 4.79 Å². The van der Waals surface area contributed by atoms with Crippen molar-refractivity contribution < 1.29 is 9.63 Å². The Morgan fingerprint density at radius 1 is 1.04 bits per heavy atom. The van der Waals surface area contributed by atoms with Crippen LogP contribution >= 0.6 is 11.6 Å². The van der Waals surface area contributed by atoms with Gasteiger partial charge in [-0.15, -0.1) is 0 Å². The molecule has 0 unspecified atom stereocenters. The minimum atomic E-state index is -0.212. The minimum absolute atomic E-state index is 0.115. The van der Waals surface area contributed by atoms with E-state index in [1.54, 1.807) is 12.1 Å². The summed E-state index contributed by atoms with van der Waals surface area (Å²) in [4.78, 5) is 17.4. The Morgan fingerprint density at radius 3 is 2.59 bits per heavy atom. The molecule has 1 N–H and O–H groups in total. The Morgan fingerprint density at radius 2 is 1.78 bits per heavy atom. The fourth-order valence-corrected chi connectivity index (χ4v) is 3.62. The first-order chi connectivity index (χ1) is 13.2. The van der Waals surface area contributed by atoms with Crippen molar-refractivity contribution in [3.05, 3.63) is 94.5 Å². The molecule has 27 heavy (non-hydrogen) atoms. The Balaban J connectivity index is 1.38. The maximum Gasteiger partial charge on any atom is 0.261 e. The van der Waals surface area contributed by atoms with Crippen molar-refractivity contribution in [1.29, 1.82) is 0 Å². The molecule has 0 aliphatic heterocycles. The number of halogens is 1. The normalized spacial score (nSPS) is 21.0. The summed E-state index contributed by atoms with van der Waals surface area (Å²) in [6.45, 7) is 0.313. The molecular formula is C22H19ClN2O2. The molecule has 0 saturated heterocycles. The van der Waals surface area contributed by atoms with E-state index in [-0.39, 0.29) is 24.3 Å². The molecule has 2 aliphatic carbocycles. The van der Waals surface area contributed by atoms with E-state index in [1.165, 1.54) is 5.56 Å². The summed E-state index contributed by atoms with van der Waals surface area (Å²) in [6.07, 6.45) is 8.41. The summed E-state index contributed by atoms with van der Waals surface area (Å²) in [7, 11) is 0. The summed E-state index contributed by atoms with van der Waals surface area (Å²) in [6, 6.07) is 15.6. The van der Waals surface area contributed by atoms with Gasteiger partial charge in [-0.25, -0.2) is 0 Å². The number of allylic oxidation sites excluding steroid dienone is 4. The third-order valence-corrected chi connectivity index (χ3v) is 5.06. The molecular weight excluding hydrogens is 360 g/mol. The molecule has 2 aromatic carbocycles. The number of carbonyl (C=O) groups is 1. The first kappa shape index (κ1) is 17.6. The smallest absolute Gasteiger partial charge is 0.261 e. The van der Waals surface area contributed by atoms with Crippen molar-refractivity contribution in [2.45, 2.75) is 12.5 Å². The Hall–Kier alpha value is -2.85. The van der Waals surface area contributed by atoms with Crippen LogP contribution in [0, 0.1) is 5.92 Å². The van der Waals surface area contributed by atoms with Gasteiger partial charge in [0.1, 0.15) is 0 Å². The van der Waals surface area contributed by atoms with E-state index in [2.05, 4.69) is 40.8 Å². The third kappa shape index (κ3) is 3.81. The second-order valence-electron chi connectivity index (χ2n) is 6.56. The number of carbonyl (C=O) groups excluding carboxylic acids is 1. The highest BCUT2D eigenvalue weighted by Crippen LogP contribution is 2.41. The van der Waals surface area contributed by atoms with E-state index in [0.717, 1.165) is 16.8 Å². The lowest BCUT2D eigenvalue weighted by molar-refractivity contribution is -0.125. The largest absolute Gasteiger partial charge is 0.385 e. The first-order valence-corrected chi connectivity index (χ1v) is 9.25. The average molecular weight is 379 g/mol. The standard InChI is InChI=1S/C22H19ClN2O2/c23-16-11-9-15(10-12-16)13-24-21(26)14-27-25-22-19-7-3-1-5-17(19)18-6-2-4-8-20(18)22/h1-12,17,19H,13-14H2,(H,24,26)/b25-22-/t17-,19+/m0/s1. The summed E-state index contributed by atoms with van der Waals surface area (Å²) < 4.78 is 0. The van der Waals surface area contributed by atoms with Gasteiger partial charge in [-0.3, -0.25) is 4.79 Å². The fourth-order valence-electron chi connectivity index (χ4n) is 3.49. The van der Waals surface area contributed by atoms with Gasteiger partial charge in [0.15, 0.2) is 6.61 Å². The topological polar surface area (TPSA) is 50.7 Å². The average Bonchev–Trinajstić information content (AvgIpc) is 3.02. The quantitative estimate of drug-likeness (QED) is 0.792. The van der Waals surface area contributed by atoms with Gasteiger partial charge in [0, 0.05) is 29.0 Å². The first-order valence-electron chi connectivity index (χ1n) is 8.87. The van der Waals surface area contributed by atoms with Crippen molar-refractivity contribution >= 4 is 23.2 Å². The highest BCUT2D eigenvalue weighted by molar-refractivity contribution is 6.30. The van der Waals surface area contributed by atoms with E-state index in [4.69, 9.17) is 16.4 Å². The molecule has 2 atom stereocenters. The van der Waals surface area contributed by atoms with Crippen molar-refractivity contribution in [3.63, 3.8) is 0 Å². The van der Waals surface area contributed by atoms with Crippen molar-refractivity contribution in [2.75, 3.05) is 6.61 Å². The number of nitrogens with one attached hydrogen (secondary N) is 1. The van der Waals surface area contributed by atoms with E-state index >= 15 is 0 Å². The van der Waals surface area contributed by atoms with Crippen LogP contribution in [0.5, 0.6) is 0 Å². The number of benzene rings is 2. The van der Waals surface area contributed by atoms with Crippen molar-refractivity contribution in [2.24, 2.45) is 11.1 Å². The SMILES string of the molecule is O=C(CO/N=C1\c2ccccc2[C@@H]2C=CC=C[C@@H]12)NCc1ccc(Cl)cc1. The molecule has 0 radical (unpaired) electrons. The number of oxime groups is 1. The van der Waals surface area contributed by atoms with Crippen molar-refractivity contribution in [3.8, 4) is 0 Å². The van der Waals surface area contributed by atoms with Crippen LogP contribution in [0.3, 0.4) is 0 Å². The maximum atomic E-state index is 12.0. The number of amides is 1. The van der Waals surface area contributed by atoms with Gasteiger partial charge in [0.05, 0.1) is 5.71 Å². The zero-order chi connectivity index (χ0) is 18.6. The summed E-state index contributed by atoms with van der Waals surface area (Å²) in [5.74, 6) is 0.230. The van der Waals surface area contributed by atoms with Crippen LogP contribution in [0.15, 0.2) is 78.0 Å². The maximum absolute atomic E-state index is 12.0. The monoisotopic (exact) mass is 378 g/mol. The number of hydrogen-bond acceptors (Lipinski definition) is 3. The molecule has 1 amide bonds. The Bertz CT molecular complexity index is 932. The van der Waals surface area contributed by atoms with Gasteiger partial charge in [-0.2, -0.15) is 0 Å². The van der Waals surface area contributed by atoms with Crippen LogP contribution in [-0.4, -0.2) is 18.2 Å². The summed E-state index contributed by atoms with van der Waals surface area (Å²) in [5, 5.41) is 7.80. The predicted molar refractivity (Wildman–Crippen MR) is 107 cm³/mol. The Kier molecular flexibility index (Phi) is 5.07. The lowest BCUT2D eigenvalue weighted by atomic mass is 9.88. The fraction of sp³-hybridized carbons (Fsp3) is 0.182. The third-order valence-electron chi connectivity index (χ3n) is 4.81. The molecule has 4 nitrogen and oxygen atoms in total. The molecule has 0 saturated carbocycles. The Labute approximate surface area is 163 Å². The number of rotatable bonds is 5. The summed E-state index contributed by atoms with van der Waals surface area (Å²) >= 11 is 5.86. The molecule has 5 heteroatoms. The molecule has 2 aromatic rings. The molecule has 136 valence electrons.